The van der Waals surface area contributed by atoms with Crippen molar-refractivity contribution in [1.82, 2.24) is 0 Å². The van der Waals surface area contributed by atoms with Crippen LogP contribution in [0.15, 0.2) is 24.3 Å². The van der Waals surface area contributed by atoms with E-state index in [1.54, 1.807) is 0 Å². The number of hydrogen-bond acceptors (Lipinski definition) is 2. The van der Waals surface area contributed by atoms with Crippen molar-refractivity contribution in [2.45, 2.75) is 105 Å². The van der Waals surface area contributed by atoms with Crippen LogP contribution in [-0.2, 0) is 21.7 Å². The summed E-state index contributed by atoms with van der Waals surface area (Å²) in [7, 11) is 0. The Morgan fingerprint density at radius 3 is 0.806 bits per heavy atom. The Morgan fingerprint density at radius 1 is 0.452 bits per heavy atom. The van der Waals surface area contributed by atoms with Crippen LogP contribution in [0.4, 0.5) is 0 Å². The summed E-state index contributed by atoms with van der Waals surface area (Å²) in [6, 6.07) is 8.86. The summed E-state index contributed by atoms with van der Waals surface area (Å²) in [6.45, 7) is 25.9. The summed E-state index contributed by atoms with van der Waals surface area (Å²) in [4.78, 5) is 0. The van der Waals surface area contributed by atoms with Crippen molar-refractivity contribution in [2.75, 3.05) is 0 Å². The van der Waals surface area contributed by atoms with E-state index in [9.17, 15) is 10.2 Å². The SMILES string of the molecule is CC(C)(C)c1cc([Te]c2cc(C(C)(C)C)c(O)c(C(C)(C)C)c2)cc(C(C)(C)C)c1O. The molecule has 2 N–H and O–H groups in total. The van der Waals surface area contributed by atoms with Gasteiger partial charge < -0.3 is 0 Å². The summed E-state index contributed by atoms with van der Waals surface area (Å²) in [5.41, 5.74) is 3.56. The van der Waals surface area contributed by atoms with Gasteiger partial charge in [-0.15, -0.1) is 0 Å². The van der Waals surface area contributed by atoms with Crippen molar-refractivity contribution >= 4 is 28.1 Å². The summed E-state index contributed by atoms with van der Waals surface area (Å²) in [6.07, 6.45) is 0. The third-order valence-corrected chi connectivity index (χ3v) is 8.33. The monoisotopic (exact) mass is 540 g/mol. The summed E-state index contributed by atoms with van der Waals surface area (Å²) in [5, 5.41) is 22.1. The fourth-order valence-corrected chi connectivity index (χ4v) is 6.55. The van der Waals surface area contributed by atoms with Gasteiger partial charge in [0.1, 0.15) is 0 Å². The minimum absolute atomic E-state index is 0.130. The summed E-state index contributed by atoms with van der Waals surface area (Å²) >= 11 is -0.705. The molecule has 172 valence electrons. The molecule has 0 unspecified atom stereocenters. The van der Waals surface area contributed by atoms with Crippen LogP contribution in [0.2, 0.25) is 0 Å². The van der Waals surface area contributed by atoms with Crippen LogP contribution in [0.5, 0.6) is 11.5 Å². The second kappa shape index (κ2) is 8.31. The molecule has 0 amide bonds. The zero-order chi connectivity index (χ0) is 24.2. The van der Waals surface area contributed by atoms with Crippen LogP contribution in [0, 0.1) is 0 Å². The van der Waals surface area contributed by atoms with Crippen molar-refractivity contribution in [3.8, 4) is 11.5 Å². The zero-order valence-corrected chi connectivity index (χ0v) is 23.9. The predicted octanol–water partition coefficient (Wildman–Crippen LogP) is 5.94. The van der Waals surface area contributed by atoms with E-state index in [0.29, 0.717) is 11.5 Å². The number of phenols is 2. The standard InChI is InChI=1S/C28H42O2Te/c1-25(2,3)19-13-17(14-20(23(19)29)26(4,5)6)31-18-15-21(27(7,8)9)24(30)22(16-18)28(10,11)12/h13-16,29-30H,1-12H3. The summed E-state index contributed by atoms with van der Waals surface area (Å²) < 4.78 is 2.65. The molecule has 0 atom stereocenters. The van der Waals surface area contributed by atoms with Gasteiger partial charge in [-0.3, -0.25) is 0 Å². The van der Waals surface area contributed by atoms with Crippen LogP contribution >= 0.6 is 0 Å². The molecule has 0 aromatic heterocycles. The number of rotatable bonds is 2. The molecule has 3 heteroatoms. The van der Waals surface area contributed by atoms with Gasteiger partial charge in [0, 0.05) is 0 Å². The average molecular weight is 538 g/mol. The van der Waals surface area contributed by atoms with Crippen LogP contribution in [0.1, 0.15) is 105 Å². The van der Waals surface area contributed by atoms with E-state index in [-0.39, 0.29) is 21.7 Å². The second-order valence-electron chi connectivity index (χ2n) is 12.8. The topological polar surface area (TPSA) is 40.5 Å². The Balaban J connectivity index is 2.73. The number of phenolic OH excluding ortho intramolecular Hbond substituents is 2. The van der Waals surface area contributed by atoms with Gasteiger partial charge in [0.2, 0.25) is 0 Å². The molecule has 0 radical (unpaired) electrons. The number of aromatic hydroxyl groups is 2. The molecule has 2 aromatic carbocycles. The molecular weight excluding hydrogens is 496 g/mol. The minimum atomic E-state index is -0.705. The Kier molecular flexibility index (Phi) is 6.99. The maximum absolute atomic E-state index is 11.1. The van der Waals surface area contributed by atoms with Gasteiger partial charge in [0.25, 0.3) is 0 Å². The van der Waals surface area contributed by atoms with Crippen LogP contribution in [-0.4, -0.2) is 31.1 Å². The average Bonchev–Trinajstić information content (AvgIpc) is 2.53. The van der Waals surface area contributed by atoms with E-state index in [1.807, 2.05) is 0 Å². The molecule has 0 spiro atoms. The van der Waals surface area contributed by atoms with Crippen LogP contribution in [0.3, 0.4) is 0 Å². The van der Waals surface area contributed by atoms with Crippen molar-refractivity contribution in [3.63, 3.8) is 0 Å². The molecule has 2 aromatic rings. The molecule has 0 aliphatic heterocycles. The third kappa shape index (κ3) is 6.00. The van der Waals surface area contributed by atoms with E-state index < -0.39 is 20.9 Å². The van der Waals surface area contributed by atoms with Gasteiger partial charge in [-0.2, -0.15) is 0 Å². The molecule has 0 aliphatic carbocycles. The van der Waals surface area contributed by atoms with Gasteiger partial charge in [-0.25, -0.2) is 0 Å². The van der Waals surface area contributed by atoms with E-state index in [2.05, 4.69) is 107 Å². The van der Waals surface area contributed by atoms with E-state index in [1.165, 1.54) is 7.22 Å². The first-order valence-electron chi connectivity index (χ1n) is 11.2. The molecule has 0 saturated carbocycles. The first-order chi connectivity index (χ1) is 13.7. The van der Waals surface area contributed by atoms with Crippen molar-refractivity contribution in [1.29, 1.82) is 0 Å². The quantitative estimate of drug-likeness (QED) is 0.465. The Bertz CT molecular complexity index is 809. The van der Waals surface area contributed by atoms with Crippen molar-refractivity contribution in [2.24, 2.45) is 0 Å². The van der Waals surface area contributed by atoms with Crippen LogP contribution < -0.4 is 7.22 Å². The zero-order valence-electron chi connectivity index (χ0n) is 21.6. The fraction of sp³-hybridized carbons (Fsp3) is 0.571. The fourth-order valence-electron chi connectivity index (χ4n) is 3.76. The van der Waals surface area contributed by atoms with Gasteiger partial charge in [-0.05, 0) is 0 Å². The first-order valence-corrected chi connectivity index (χ1v) is 13.5. The van der Waals surface area contributed by atoms with Gasteiger partial charge in [-0.1, -0.05) is 0 Å². The maximum atomic E-state index is 11.1. The van der Waals surface area contributed by atoms with Gasteiger partial charge in [0.05, 0.1) is 0 Å². The summed E-state index contributed by atoms with van der Waals surface area (Å²) in [5.74, 6) is 0.875. The molecule has 31 heavy (non-hydrogen) atoms. The third-order valence-electron chi connectivity index (χ3n) is 5.63. The van der Waals surface area contributed by atoms with E-state index in [0.717, 1.165) is 22.3 Å². The second-order valence-corrected chi connectivity index (χ2v) is 16.1. The molecule has 0 heterocycles. The van der Waals surface area contributed by atoms with Gasteiger partial charge >= 0.3 is 201 Å². The molecule has 2 nitrogen and oxygen atoms in total. The van der Waals surface area contributed by atoms with Crippen molar-refractivity contribution < 1.29 is 10.2 Å². The Labute approximate surface area is 200 Å². The molecule has 0 aliphatic rings. The van der Waals surface area contributed by atoms with Crippen molar-refractivity contribution in [3.05, 3.63) is 46.5 Å². The Morgan fingerprint density at radius 2 is 0.645 bits per heavy atom. The molecule has 0 fully saturated rings. The van der Waals surface area contributed by atoms with E-state index >= 15 is 0 Å². The number of benzene rings is 2. The molecule has 2 rings (SSSR count). The number of hydrogen-bond donors (Lipinski definition) is 2. The van der Waals surface area contributed by atoms with Crippen LogP contribution in [0.25, 0.3) is 0 Å². The normalized spacial score (nSPS) is 13.5. The first kappa shape index (κ1) is 26.1. The van der Waals surface area contributed by atoms with E-state index in [4.69, 9.17) is 0 Å². The molecule has 0 bridgehead atoms. The van der Waals surface area contributed by atoms with Gasteiger partial charge in [0.15, 0.2) is 0 Å². The molecule has 0 saturated heterocycles. The predicted molar refractivity (Wildman–Crippen MR) is 136 cm³/mol. The Hall–Kier alpha value is -1.17. The molecular formula is C28H42O2Te.